The molecular formula is C28H38F2N4. The first-order valence-corrected chi connectivity index (χ1v) is 12.4. The van der Waals surface area contributed by atoms with E-state index in [0.717, 1.165) is 35.7 Å². The minimum Gasteiger partial charge on any atom is -0.401 e. The second-order valence-corrected chi connectivity index (χ2v) is 11.1. The number of nitrogens with zero attached hydrogens (tertiary/aromatic N) is 2. The number of hydrogen-bond donors (Lipinski definition) is 2. The van der Waals surface area contributed by atoms with Crippen molar-refractivity contribution in [2.24, 2.45) is 11.7 Å². The summed E-state index contributed by atoms with van der Waals surface area (Å²) in [5.74, 6) is -2.07. The van der Waals surface area contributed by atoms with Crippen molar-refractivity contribution in [3.05, 3.63) is 64.6 Å². The van der Waals surface area contributed by atoms with Crippen LogP contribution < -0.4 is 16.0 Å². The fourth-order valence-corrected chi connectivity index (χ4v) is 5.34. The van der Waals surface area contributed by atoms with Crippen LogP contribution in [0.15, 0.2) is 42.2 Å². The maximum atomic E-state index is 13.7. The standard InChI is InChI=1S/C28H38F2N4/c1-18(31)25(32-5)21-14-24-26(33-15-21)23(20-6-8-22(9-7-20)27(2,3)4)17-34(24)16-19-10-12-28(29,30)13-11-19/h6-9,14-15,19,23,32H,10-13,16-17,31H2,1-5H3/b25-18-. The molecule has 1 aromatic heterocycles. The molecule has 2 aliphatic rings. The first kappa shape index (κ1) is 24.5. The number of alkyl halides is 2. The van der Waals surface area contributed by atoms with E-state index in [1.54, 1.807) is 0 Å². The van der Waals surface area contributed by atoms with Crippen LogP contribution in [0, 0.1) is 5.92 Å². The number of halogens is 2. The molecule has 1 aliphatic heterocycles. The van der Waals surface area contributed by atoms with Crippen LogP contribution >= 0.6 is 0 Å². The maximum Gasteiger partial charge on any atom is 0.248 e. The molecule has 0 amide bonds. The largest absolute Gasteiger partial charge is 0.401 e. The Labute approximate surface area is 202 Å². The van der Waals surface area contributed by atoms with Crippen molar-refractivity contribution < 1.29 is 8.78 Å². The van der Waals surface area contributed by atoms with Crippen LogP contribution in [-0.4, -0.2) is 31.0 Å². The van der Waals surface area contributed by atoms with E-state index < -0.39 is 5.92 Å². The normalized spacial score (nSPS) is 21.3. The van der Waals surface area contributed by atoms with Gasteiger partial charge in [0.2, 0.25) is 5.92 Å². The van der Waals surface area contributed by atoms with Crippen molar-refractivity contribution in [3.8, 4) is 0 Å². The first-order chi connectivity index (χ1) is 16.0. The minimum absolute atomic E-state index is 0.00659. The molecule has 6 heteroatoms. The summed E-state index contributed by atoms with van der Waals surface area (Å²) in [6.07, 6.45) is 3.02. The van der Waals surface area contributed by atoms with Crippen LogP contribution in [0.2, 0.25) is 0 Å². The molecule has 1 unspecified atom stereocenters. The molecule has 4 nitrogen and oxygen atoms in total. The number of hydrogen-bond acceptors (Lipinski definition) is 4. The number of fused-ring (bicyclic) bond motifs is 1. The molecule has 34 heavy (non-hydrogen) atoms. The Morgan fingerprint density at radius 1 is 1.18 bits per heavy atom. The van der Waals surface area contributed by atoms with Gasteiger partial charge in [0, 0.05) is 56.4 Å². The molecule has 1 atom stereocenters. The Kier molecular flexibility index (Phi) is 6.63. The quantitative estimate of drug-likeness (QED) is 0.563. The van der Waals surface area contributed by atoms with Gasteiger partial charge in [-0.1, -0.05) is 45.0 Å². The van der Waals surface area contributed by atoms with Gasteiger partial charge in [0.1, 0.15) is 0 Å². The number of benzene rings is 1. The van der Waals surface area contributed by atoms with Gasteiger partial charge in [0.15, 0.2) is 0 Å². The molecule has 1 aromatic carbocycles. The van der Waals surface area contributed by atoms with E-state index >= 15 is 0 Å². The minimum atomic E-state index is -2.50. The van der Waals surface area contributed by atoms with Gasteiger partial charge in [-0.25, -0.2) is 8.78 Å². The summed E-state index contributed by atoms with van der Waals surface area (Å²) < 4.78 is 27.5. The smallest absolute Gasteiger partial charge is 0.248 e. The van der Waals surface area contributed by atoms with Crippen molar-refractivity contribution in [3.63, 3.8) is 0 Å². The van der Waals surface area contributed by atoms with Crippen molar-refractivity contribution >= 4 is 11.4 Å². The molecule has 0 bridgehead atoms. The average Bonchev–Trinajstić information content (AvgIpc) is 3.13. The van der Waals surface area contributed by atoms with Gasteiger partial charge in [-0.05, 0) is 48.3 Å². The van der Waals surface area contributed by atoms with Gasteiger partial charge in [0.05, 0.1) is 17.1 Å². The Morgan fingerprint density at radius 3 is 2.38 bits per heavy atom. The molecule has 2 aromatic rings. The molecule has 0 spiro atoms. The van der Waals surface area contributed by atoms with E-state index in [9.17, 15) is 8.78 Å². The van der Waals surface area contributed by atoms with E-state index in [1.807, 2.05) is 20.2 Å². The number of nitrogens with one attached hydrogen (secondary N) is 1. The highest BCUT2D eigenvalue weighted by atomic mass is 19.3. The Bertz CT molecular complexity index is 1040. The van der Waals surface area contributed by atoms with Crippen LogP contribution in [0.1, 0.15) is 81.7 Å². The van der Waals surface area contributed by atoms with Gasteiger partial charge < -0.3 is 16.0 Å². The summed E-state index contributed by atoms with van der Waals surface area (Å²) >= 11 is 0. The molecule has 2 heterocycles. The lowest BCUT2D eigenvalue weighted by atomic mass is 9.85. The number of nitrogens with two attached hydrogens (primary N) is 1. The van der Waals surface area contributed by atoms with Crippen molar-refractivity contribution in [2.75, 3.05) is 25.0 Å². The number of pyridine rings is 1. The Morgan fingerprint density at radius 2 is 1.82 bits per heavy atom. The second-order valence-electron chi connectivity index (χ2n) is 11.1. The summed E-state index contributed by atoms with van der Waals surface area (Å²) in [7, 11) is 1.86. The van der Waals surface area contributed by atoms with Crippen molar-refractivity contribution in [1.82, 2.24) is 10.3 Å². The lowest BCUT2D eigenvalue weighted by Gasteiger charge is -2.32. The van der Waals surface area contributed by atoms with E-state index in [1.165, 1.54) is 11.1 Å². The molecule has 1 aliphatic carbocycles. The third-order valence-electron chi connectivity index (χ3n) is 7.40. The van der Waals surface area contributed by atoms with E-state index in [0.29, 0.717) is 18.5 Å². The molecule has 4 rings (SSSR count). The van der Waals surface area contributed by atoms with E-state index in [4.69, 9.17) is 10.7 Å². The summed E-state index contributed by atoms with van der Waals surface area (Å²) in [4.78, 5) is 7.28. The topological polar surface area (TPSA) is 54.2 Å². The second kappa shape index (κ2) is 9.20. The highest BCUT2D eigenvalue weighted by molar-refractivity contribution is 5.71. The third kappa shape index (κ3) is 5.06. The fraction of sp³-hybridized carbons (Fsp3) is 0.536. The molecule has 1 fully saturated rings. The summed E-state index contributed by atoms with van der Waals surface area (Å²) in [6, 6.07) is 11.0. The van der Waals surface area contributed by atoms with Crippen LogP contribution in [0.5, 0.6) is 0 Å². The van der Waals surface area contributed by atoms with Gasteiger partial charge in [-0.3, -0.25) is 4.98 Å². The highest BCUT2D eigenvalue weighted by Gasteiger charge is 2.38. The van der Waals surface area contributed by atoms with Gasteiger partial charge in [-0.15, -0.1) is 0 Å². The number of rotatable bonds is 5. The zero-order valence-electron chi connectivity index (χ0n) is 21.1. The predicted molar refractivity (Wildman–Crippen MR) is 136 cm³/mol. The summed E-state index contributed by atoms with van der Waals surface area (Å²) in [5, 5.41) is 3.19. The van der Waals surface area contributed by atoms with Gasteiger partial charge >= 0.3 is 0 Å². The zero-order chi connectivity index (χ0) is 24.7. The van der Waals surface area contributed by atoms with Crippen molar-refractivity contribution in [2.45, 2.75) is 70.6 Å². The monoisotopic (exact) mass is 468 g/mol. The Balaban J connectivity index is 1.67. The van der Waals surface area contributed by atoms with Crippen LogP contribution in [-0.2, 0) is 5.41 Å². The van der Waals surface area contributed by atoms with Crippen LogP contribution in [0.4, 0.5) is 14.5 Å². The molecule has 0 saturated heterocycles. The predicted octanol–water partition coefficient (Wildman–Crippen LogP) is 6.02. The van der Waals surface area contributed by atoms with E-state index in [-0.39, 0.29) is 30.1 Å². The SMILES string of the molecule is CN/C(=C(/C)N)c1cnc2c(c1)N(CC1CCC(F)(F)CC1)CC2c1ccc(C(C)(C)C)cc1. The average molecular weight is 469 g/mol. The lowest BCUT2D eigenvalue weighted by molar-refractivity contribution is -0.0448. The van der Waals surface area contributed by atoms with Gasteiger partial charge in [-0.2, -0.15) is 0 Å². The molecule has 184 valence electrons. The molecular weight excluding hydrogens is 430 g/mol. The third-order valence-corrected chi connectivity index (χ3v) is 7.40. The fourth-order valence-electron chi connectivity index (χ4n) is 5.34. The van der Waals surface area contributed by atoms with Gasteiger partial charge in [0.25, 0.3) is 0 Å². The Hall–Kier alpha value is -2.63. The van der Waals surface area contributed by atoms with Crippen molar-refractivity contribution in [1.29, 1.82) is 0 Å². The zero-order valence-corrected chi connectivity index (χ0v) is 21.1. The molecule has 3 N–H and O–H groups in total. The number of allylic oxidation sites excluding steroid dienone is 1. The summed E-state index contributed by atoms with van der Waals surface area (Å²) in [5.41, 5.74) is 13.4. The van der Waals surface area contributed by atoms with Crippen LogP contribution in [0.25, 0.3) is 5.70 Å². The highest BCUT2D eigenvalue weighted by Crippen LogP contribution is 2.43. The number of anilines is 1. The van der Waals surface area contributed by atoms with Crippen LogP contribution in [0.3, 0.4) is 0 Å². The van der Waals surface area contributed by atoms with E-state index in [2.05, 4.69) is 61.3 Å². The molecule has 1 saturated carbocycles. The lowest BCUT2D eigenvalue weighted by Crippen LogP contribution is -2.33. The number of aromatic nitrogens is 1. The molecule has 0 radical (unpaired) electrons. The first-order valence-electron chi connectivity index (χ1n) is 12.4. The summed E-state index contributed by atoms with van der Waals surface area (Å²) in [6.45, 7) is 10.1. The maximum absolute atomic E-state index is 13.7.